The van der Waals surface area contributed by atoms with Crippen molar-refractivity contribution in [2.24, 2.45) is 5.41 Å². The zero-order valence-corrected chi connectivity index (χ0v) is 15.3. The summed E-state index contributed by atoms with van der Waals surface area (Å²) < 4.78 is 5.40. The molecule has 0 bridgehead atoms. The molecular formula is C19H31N3O3. The van der Waals surface area contributed by atoms with Crippen molar-refractivity contribution < 1.29 is 14.3 Å². The number of aliphatic hydroxyl groups excluding tert-OH is 1. The van der Waals surface area contributed by atoms with Crippen LogP contribution in [0.1, 0.15) is 31.9 Å². The summed E-state index contributed by atoms with van der Waals surface area (Å²) in [6, 6.07) is 3.91. The molecule has 3 rings (SSSR count). The summed E-state index contributed by atoms with van der Waals surface area (Å²) in [5.74, 6) is 1.22. The molecule has 2 fully saturated rings. The number of carbonyl (C=O) groups excluding carboxylic acids is 1. The van der Waals surface area contributed by atoms with Gasteiger partial charge >= 0.3 is 0 Å². The standard InChI is InChI=1S/C19H31N3O3/c1-2-19(16-23)5-7-20(8-6-19)15-18(24)22-11-9-21(10-12-22)14-17-4-3-13-25-17/h3-4,13,23H,2,5-12,14-16H2,1H3. The minimum absolute atomic E-state index is 0.0804. The number of furan rings is 1. The molecule has 2 aliphatic rings. The molecule has 0 unspecified atom stereocenters. The molecule has 1 amide bonds. The van der Waals surface area contributed by atoms with Gasteiger partial charge in [-0.1, -0.05) is 6.92 Å². The molecule has 1 N–H and O–H groups in total. The Kier molecular flexibility index (Phi) is 6.15. The number of nitrogens with zero attached hydrogens (tertiary/aromatic N) is 3. The minimum atomic E-state index is 0.0804. The van der Waals surface area contributed by atoms with Crippen molar-refractivity contribution in [1.29, 1.82) is 0 Å². The molecule has 6 heteroatoms. The van der Waals surface area contributed by atoms with Crippen molar-refractivity contribution in [1.82, 2.24) is 14.7 Å². The summed E-state index contributed by atoms with van der Waals surface area (Å²) in [6.07, 6.45) is 4.70. The van der Waals surface area contributed by atoms with Crippen LogP contribution in [0.2, 0.25) is 0 Å². The minimum Gasteiger partial charge on any atom is -0.468 e. The van der Waals surface area contributed by atoms with Crippen molar-refractivity contribution in [3.05, 3.63) is 24.2 Å². The molecule has 140 valence electrons. The van der Waals surface area contributed by atoms with Gasteiger partial charge in [-0.3, -0.25) is 14.6 Å². The summed E-state index contributed by atoms with van der Waals surface area (Å²) in [5, 5.41) is 9.63. The molecule has 1 aromatic heterocycles. The van der Waals surface area contributed by atoms with Gasteiger partial charge in [-0.25, -0.2) is 0 Å². The maximum absolute atomic E-state index is 12.6. The van der Waals surface area contributed by atoms with Crippen LogP contribution in [0, 0.1) is 5.41 Å². The number of piperidine rings is 1. The highest BCUT2D eigenvalue weighted by Gasteiger charge is 2.33. The molecule has 0 spiro atoms. The fraction of sp³-hybridized carbons (Fsp3) is 0.737. The van der Waals surface area contributed by atoms with Crippen molar-refractivity contribution >= 4 is 5.91 Å². The van der Waals surface area contributed by atoms with E-state index in [1.807, 2.05) is 17.0 Å². The van der Waals surface area contributed by atoms with Gasteiger partial charge in [0.2, 0.25) is 5.91 Å². The average molecular weight is 349 g/mol. The lowest BCUT2D eigenvalue weighted by atomic mass is 9.77. The highest BCUT2D eigenvalue weighted by atomic mass is 16.3. The SMILES string of the molecule is CCC1(CO)CCN(CC(=O)N2CCN(Cc3ccco3)CC2)CC1. The molecule has 0 saturated carbocycles. The van der Waals surface area contributed by atoms with Gasteiger partial charge in [0, 0.05) is 32.8 Å². The Hall–Kier alpha value is -1.37. The Morgan fingerprint density at radius 3 is 2.44 bits per heavy atom. The van der Waals surface area contributed by atoms with Crippen LogP contribution in [0.25, 0.3) is 0 Å². The predicted molar refractivity (Wildman–Crippen MR) is 96.0 cm³/mol. The Morgan fingerprint density at radius 1 is 1.16 bits per heavy atom. The zero-order chi connectivity index (χ0) is 17.7. The first kappa shape index (κ1) is 18.4. The molecule has 6 nitrogen and oxygen atoms in total. The largest absolute Gasteiger partial charge is 0.468 e. The number of hydrogen-bond donors (Lipinski definition) is 1. The van der Waals surface area contributed by atoms with E-state index < -0.39 is 0 Å². The Balaban J connectivity index is 1.40. The average Bonchev–Trinajstić information content (AvgIpc) is 3.16. The molecule has 0 radical (unpaired) electrons. The number of piperazine rings is 1. The predicted octanol–water partition coefficient (Wildman–Crippen LogP) is 1.41. The molecule has 3 heterocycles. The van der Waals surface area contributed by atoms with E-state index in [0.717, 1.165) is 70.8 Å². The van der Waals surface area contributed by atoms with Gasteiger partial charge in [-0.2, -0.15) is 0 Å². The van der Waals surface area contributed by atoms with Crippen LogP contribution >= 0.6 is 0 Å². The zero-order valence-electron chi connectivity index (χ0n) is 15.3. The van der Waals surface area contributed by atoms with Crippen LogP contribution in [0.3, 0.4) is 0 Å². The maximum Gasteiger partial charge on any atom is 0.236 e. The third-order valence-corrected chi connectivity index (χ3v) is 6.05. The van der Waals surface area contributed by atoms with Gasteiger partial charge in [0.1, 0.15) is 5.76 Å². The van der Waals surface area contributed by atoms with E-state index in [2.05, 4.69) is 16.7 Å². The summed E-state index contributed by atoms with van der Waals surface area (Å²) in [7, 11) is 0. The van der Waals surface area contributed by atoms with E-state index in [0.29, 0.717) is 6.54 Å². The van der Waals surface area contributed by atoms with E-state index in [9.17, 15) is 9.90 Å². The van der Waals surface area contributed by atoms with Gasteiger partial charge < -0.3 is 14.4 Å². The molecule has 2 aliphatic heterocycles. The van der Waals surface area contributed by atoms with E-state index in [4.69, 9.17) is 4.42 Å². The molecule has 0 aromatic carbocycles. The van der Waals surface area contributed by atoms with Gasteiger partial charge in [-0.05, 0) is 49.9 Å². The maximum atomic E-state index is 12.6. The van der Waals surface area contributed by atoms with E-state index in [1.165, 1.54) is 0 Å². The van der Waals surface area contributed by atoms with Crippen LogP contribution in [0.15, 0.2) is 22.8 Å². The normalized spacial score (nSPS) is 22.2. The second-order valence-corrected chi connectivity index (χ2v) is 7.52. The fourth-order valence-electron chi connectivity index (χ4n) is 3.88. The van der Waals surface area contributed by atoms with Crippen LogP contribution in [-0.4, -0.2) is 78.1 Å². The molecule has 0 atom stereocenters. The van der Waals surface area contributed by atoms with E-state index >= 15 is 0 Å². The molecule has 25 heavy (non-hydrogen) atoms. The van der Waals surface area contributed by atoms with Gasteiger partial charge in [0.05, 0.1) is 19.4 Å². The topological polar surface area (TPSA) is 60.2 Å². The Morgan fingerprint density at radius 2 is 1.88 bits per heavy atom. The van der Waals surface area contributed by atoms with Gasteiger partial charge in [-0.15, -0.1) is 0 Å². The molecule has 2 saturated heterocycles. The first-order chi connectivity index (χ1) is 12.1. The van der Waals surface area contributed by atoms with Crippen molar-refractivity contribution in [3.8, 4) is 0 Å². The van der Waals surface area contributed by atoms with Crippen molar-refractivity contribution in [2.75, 3.05) is 52.4 Å². The van der Waals surface area contributed by atoms with E-state index in [-0.39, 0.29) is 17.9 Å². The van der Waals surface area contributed by atoms with Crippen LogP contribution in [0.5, 0.6) is 0 Å². The Bertz CT molecular complexity index is 524. The van der Waals surface area contributed by atoms with Crippen molar-refractivity contribution in [2.45, 2.75) is 32.7 Å². The summed E-state index contributed by atoms with van der Waals surface area (Å²) in [6.45, 7) is 8.97. The summed E-state index contributed by atoms with van der Waals surface area (Å²) >= 11 is 0. The second-order valence-electron chi connectivity index (χ2n) is 7.52. The highest BCUT2D eigenvalue weighted by Crippen LogP contribution is 2.34. The second kappa shape index (κ2) is 8.34. The third-order valence-electron chi connectivity index (χ3n) is 6.05. The number of carbonyl (C=O) groups is 1. The molecule has 1 aromatic rings. The smallest absolute Gasteiger partial charge is 0.236 e. The number of aliphatic hydroxyl groups is 1. The lowest BCUT2D eigenvalue weighted by Crippen LogP contribution is -2.52. The van der Waals surface area contributed by atoms with Crippen LogP contribution in [0.4, 0.5) is 0 Å². The Labute approximate surface area is 150 Å². The lowest BCUT2D eigenvalue weighted by Gasteiger charge is -2.41. The number of likely N-dealkylation sites (tertiary alicyclic amines) is 1. The number of amides is 1. The number of rotatable bonds is 6. The molecular weight excluding hydrogens is 318 g/mol. The van der Waals surface area contributed by atoms with E-state index in [1.54, 1.807) is 6.26 Å². The first-order valence-electron chi connectivity index (χ1n) is 9.50. The number of hydrogen-bond acceptors (Lipinski definition) is 5. The quantitative estimate of drug-likeness (QED) is 0.841. The molecule has 0 aliphatic carbocycles. The summed E-state index contributed by atoms with van der Waals surface area (Å²) in [5.41, 5.74) is 0.0804. The van der Waals surface area contributed by atoms with Gasteiger partial charge in [0.15, 0.2) is 0 Å². The van der Waals surface area contributed by atoms with Crippen LogP contribution < -0.4 is 0 Å². The van der Waals surface area contributed by atoms with Crippen LogP contribution in [-0.2, 0) is 11.3 Å². The van der Waals surface area contributed by atoms with Crippen molar-refractivity contribution in [3.63, 3.8) is 0 Å². The first-order valence-corrected chi connectivity index (χ1v) is 9.50. The monoisotopic (exact) mass is 349 g/mol. The lowest BCUT2D eigenvalue weighted by molar-refractivity contribution is -0.135. The summed E-state index contributed by atoms with van der Waals surface area (Å²) in [4.78, 5) is 19.2. The fourth-order valence-corrected chi connectivity index (χ4v) is 3.88. The third kappa shape index (κ3) is 4.63. The van der Waals surface area contributed by atoms with Gasteiger partial charge in [0.25, 0.3) is 0 Å². The highest BCUT2D eigenvalue weighted by molar-refractivity contribution is 5.78.